The fraction of sp³-hybridized carbons (Fsp3) is 0.391. The highest BCUT2D eigenvalue weighted by Gasteiger charge is 2.32. The lowest BCUT2D eigenvalue weighted by atomic mass is 10.1. The maximum atomic E-state index is 12.4. The van der Waals surface area contributed by atoms with Crippen LogP contribution < -0.4 is 14.9 Å². The van der Waals surface area contributed by atoms with Crippen molar-refractivity contribution in [3.05, 3.63) is 58.8 Å². The molecule has 10 nitrogen and oxygen atoms in total. The lowest BCUT2D eigenvalue weighted by Crippen LogP contribution is -2.61. The number of anilines is 1. The van der Waals surface area contributed by atoms with Crippen LogP contribution >= 0.6 is 0 Å². The Hall–Kier alpha value is -3.65. The average Bonchev–Trinajstić information content (AvgIpc) is 2.68. The molecular weight excluding hydrogens is 458 g/mol. The van der Waals surface area contributed by atoms with Crippen molar-refractivity contribution in [2.24, 2.45) is 0 Å². The molecule has 1 saturated heterocycles. The number of rotatable bonds is 6. The van der Waals surface area contributed by atoms with Crippen LogP contribution in [0.2, 0.25) is 0 Å². The molecule has 0 atom stereocenters. The highest BCUT2D eigenvalue weighted by atomic mass is 32.2. The molecule has 3 rings (SSSR count). The Morgan fingerprint density at radius 3 is 2.47 bits per heavy atom. The van der Waals surface area contributed by atoms with Crippen LogP contribution in [-0.4, -0.2) is 50.1 Å². The van der Waals surface area contributed by atoms with Crippen LogP contribution in [0, 0.1) is 18.3 Å². The van der Waals surface area contributed by atoms with Crippen molar-refractivity contribution in [3.8, 4) is 6.07 Å². The second-order valence-corrected chi connectivity index (χ2v) is 10.8. The van der Waals surface area contributed by atoms with E-state index in [9.17, 15) is 23.3 Å². The number of esters is 1. The topological polar surface area (TPSA) is 141 Å². The Morgan fingerprint density at radius 1 is 1.24 bits per heavy atom. The fourth-order valence-corrected chi connectivity index (χ4v) is 4.43. The number of nitrogens with one attached hydrogen (secondary N) is 2. The summed E-state index contributed by atoms with van der Waals surface area (Å²) in [5, 5.41) is 12.2. The number of nitriles is 1. The van der Waals surface area contributed by atoms with Gasteiger partial charge in [0.05, 0.1) is 28.6 Å². The highest BCUT2D eigenvalue weighted by molar-refractivity contribution is 7.89. The monoisotopic (exact) mass is 485 g/mol. The normalized spacial score (nSPS) is 14.0. The molecule has 0 bridgehead atoms. The van der Waals surface area contributed by atoms with Gasteiger partial charge >= 0.3 is 12.0 Å². The molecular formula is C23H27N5O5S. The van der Waals surface area contributed by atoms with Gasteiger partial charge in [-0.05, 0) is 39.3 Å². The van der Waals surface area contributed by atoms with E-state index >= 15 is 0 Å². The first-order chi connectivity index (χ1) is 15.9. The summed E-state index contributed by atoms with van der Waals surface area (Å²) in [7, 11) is -3.85. The molecule has 2 amide bonds. The Balaban J connectivity index is 1.59. The van der Waals surface area contributed by atoms with Crippen molar-refractivity contribution in [1.29, 1.82) is 5.26 Å². The number of aromatic nitrogens is 1. The Bertz CT molecular complexity index is 1230. The van der Waals surface area contributed by atoms with Crippen molar-refractivity contribution >= 4 is 27.8 Å². The van der Waals surface area contributed by atoms with E-state index in [1.807, 2.05) is 10.8 Å². The number of urea groups is 1. The Morgan fingerprint density at radius 2 is 1.88 bits per heavy atom. The van der Waals surface area contributed by atoms with Gasteiger partial charge in [-0.2, -0.15) is 5.26 Å². The van der Waals surface area contributed by atoms with Crippen LogP contribution in [0.15, 0.2) is 36.4 Å². The summed E-state index contributed by atoms with van der Waals surface area (Å²) >= 11 is 0. The predicted octanol–water partition coefficient (Wildman–Crippen LogP) is 2.23. The van der Waals surface area contributed by atoms with Gasteiger partial charge in [0.1, 0.15) is 17.5 Å². The molecule has 0 spiro atoms. The first kappa shape index (κ1) is 25.0. The highest BCUT2D eigenvalue weighted by Crippen LogP contribution is 2.26. The largest absolute Gasteiger partial charge is 0.456 e. The van der Waals surface area contributed by atoms with Crippen molar-refractivity contribution < 1.29 is 22.7 Å². The Kier molecular flexibility index (Phi) is 7.12. The molecule has 1 aliphatic heterocycles. The van der Waals surface area contributed by atoms with Gasteiger partial charge in [-0.15, -0.1) is 0 Å². The maximum absolute atomic E-state index is 12.4. The quantitative estimate of drug-likeness (QED) is 0.593. The molecule has 11 heteroatoms. The third kappa shape index (κ3) is 6.45. The number of nitrogens with zero attached hydrogens (tertiary/aromatic N) is 3. The van der Waals surface area contributed by atoms with E-state index in [1.165, 1.54) is 6.07 Å². The van der Waals surface area contributed by atoms with Crippen LogP contribution in [0.5, 0.6) is 0 Å². The summed E-state index contributed by atoms with van der Waals surface area (Å²) in [5.74, 6) is -0.476. The number of hydrogen-bond donors (Lipinski definition) is 2. The number of amides is 2. The van der Waals surface area contributed by atoms with Gasteiger partial charge in [0.2, 0.25) is 10.0 Å². The number of pyridine rings is 1. The summed E-state index contributed by atoms with van der Waals surface area (Å²) in [6.45, 7) is 7.58. The predicted molar refractivity (Wildman–Crippen MR) is 126 cm³/mol. The molecule has 0 unspecified atom stereocenters. The molecule has 34 heavy (non-hydrogen) atoms. The zero-order chi connectivity index (χ0) is 25.1. The molecule has 2 heterocycles. The van der Waals surface area contributed by atoms with Gasteiger partial charge in [-0.25, -0.2) is 27.7 Å². The molecule has 0 radical (unpaired) electrons. The van der Waals surface area contributed by atoms with Crippen LogP contribution in [0.4, 0.5) is 10.6 Å². The number of ether oxygens (including phenoxy) is 1. The summed E-state index contributed by atoms with van der Waals surface area (Å²) in [4.78, 5) is 30.8. The van der Waals surface area contributed by atoms with E-state index in [4.69, 9.17) is 4.74 Å². The maximum Gasteiger partial charge on any atom is 0.340 e. The number of hydrogen-bond acceptors (Lipinski definition) is 8. The number of sulfonamides is 1. The van der Waals surface area contributed by atoms with Crippen molar-refractivity contribution in [2.75, 3.05) is 18.0 Å². The molecule has 1 aliphatic rings. The minimum absolute atomic E-state index is 0.208. The SMILES string of the molecule is Cc1nc(N2CC(NC(=O)NS(=O)(=O)Cc3ccccc3)C2)c(C#N)cc1C(=O)OC(C)(C)C. The number of carbonyl (C=O) groups is 2. The van der Waals surface area contributed by atoms with E-state index in [0.29, 0.717) is 30.2 Å². The van der Waals surface area contributed by atoms with Crippen molar-refractivity contribution in [3.63, 3.8) is 0 Å². The second-order valence-electron chi connectivity index (χ2n) is 9.03. The van der Waals surface area contributed by atoms with Gasteiger partial charge in [0.25, 0.3) is 0 Å². The molecule has 0 saturated carbocycles. The third-order valence-electron chi connectivity index (χ3n) is 4.90. The molecule has 0 aliphatic carbocycles. The molecule has 2 aromatic rings. The van der Waals surface area contributed by atoms with Gasteiger partial charge in [-0.3, -0.25) is 0 Å². The molecule has 180 valence electrons. The molecule has 1 aromatic heterocycles. The summed E-state index contributed by atoms with van der Waals surface area (Å²) in [5.41, 5.74) is 0.733. The number of aryl methyl sites for hydroxylation is 1. The van der Waals surface area contributed by atoms with Crippen molar-refractivity contribution in [2.45, 2.75) is 45.1 Å². The molecule has 1 fully saturated rings. The van der Waals surface area contributed by atoms with E-state index in [2.05, 4.69) is 10.3 Å². The average molecular weight is 486 g/mol. The number of benzene rings is 1. The zero-order valence-electron chi connectivity index (χ0n) is 19.5. The minimum Gasteiger partial charge on any atom is -0.456 e. The van der Waals surface area contributed by atoms with Gasteiger partial charge < -0.3 is 15.0 Å². The minimum atomic E-state index is -3.85. The van der Waals surface area contributed by atoms with E-state index in [1.54, 1.807) is 62.9 Å². The molecule has 2 N–H and O–H groups in total. The van der Waals surface area contributed by atoms with Gasteiger partial charge in [0, 0.05) is 13.1 Å². The van der Waals surface area contributed by atoms with Crippen LogP contribution in [0.25, 0.3) is 0 Å². The van der Waals surface area contributed by atoms with Crippen LogP contribution in [-0.2, 0) is 20.5 Å². The standard InChI is InChI=1S/C23H27N5O5S/c1-15-19(21(29)33-23(2,3)4)10-17(11-24)20(25-15)28-12-18(13-28)26-22(30)27-34(31,32)14-16-8-6-5-7-9-16/h5-10,18H,12-14H2,1-4H3,(H2,26,27,30). The summed E-state index contributed by atoms with van der Waals surface area (Å²) < 4.78 is 31.8. The van der Waals surface area contributed by atoms with E-state index < -0.39 is 27.6 Å². The number of carbonyl (C=O) groups excluding carboxylic acids is 2. The fourth-order valence-electron chi connectivity index (χ4n) is 3.38. The zero-order valence-corrected chi connectivity index (χ0v) is 20.3. The second kappa shape index (κ2) is 9.69. The Labute approximate surface area is 199 Å². The summed E-state index contributed by atoms with van der Waals surface area (Å²) in [6, 6.07) is 10.9. The van der Waals surface area contributed by atoms with E-state index in [0.717, 1.165) is 0 Å². The lowest BCUT2D eigenvalue weighted by molar-refractivity contribution is 0.00681. The lowest BCUT2D eigenvalue weighted by Gasteiger charge is -2.40. The first-order valence-corrected chi connectivity index (χ1v) is 12.3. The van der Waals surface area contributed by atoms with Gasteiger partial charge in [-0.1, -0.05) is 30.3 Å². The van der Waals surface area contributed by atoms with E-state index in [-0.39, 0.29) is 22.9 Å². The third-order valence-corrected chi connectivity index (χ3v) is 6.11. The van der Waals surface area contributed by atoms with Gasteiger partial charge in [0.15, 0.2) is 0 Å². The molecule has 1 aromatic carbocycles. The summed E-state index contributed by atoms with van der Waals surface area (Å²) in [6.07, 6.45) is 0. The smallest absolute Gasteiger partial charge is 0.340 e. The van der Waals surface area contributed by atoms with Crippen molar-refractivity contribution in [1.82, 2.24) is 15.0 Å². The van der Waals surface area contributed by atoms with Crippen LogP contribution in [0.3, 0.4) is 0 Å². The van der Waals surface area contributed by atoms with Crippen LogP contribution in [0.1, 0.15) is 48.0 Å². The first-order valence-electron chi connectivity index (χ1n) is 10.6.